The molecule has 0 saturated carbocycles. The van der Waals surface area contributed by atoms with Crippen LogP contribution >= 0.6 is 11.3 Å². The van der Waals surface area contributed by atoms with Crippen molar-refractivity contribution in [1.82, 2.24) is 10.5 Å². The third kappa shape index (κ3) is 2.80. The molecule has 2 heterocycles. The Morgan fingerprint density at radius 1 is 1.26 bits per heavy atom. The number of nitrogens with zero attached hydrogens (tertiary/aromatic N) is 1. The van der Waals surface area contributed by atoms with Crippen LogP contribution in [0.15, 0.2) is 52.4 Å². The molecule has 116 valence electrons. The van der Waals surface area contributed by atoms with Crippen LogP contribution in [0.5, 0.6) is 0 Å². The maximum atomic E-state index is 12.5. The standard InChI is InChI=1S/C18H16N2O2S/c21-18(15-11-16(22-20-15)17-9-4-10-23-17)19-14-8-3-6-12-5-1-2-7-13(12)14/h1-2,4-5,7,9-11,14H,3,6,8H2,(H,19,21)/t14-/m0/s1. The molecule has 4 rings (SSSR count). The van der Waals surface area contributed by atoms with Gasteiger partial charge in [-0.2, -0.15) is 0 Å². The van der Waals surface area contributed by atoms with Gasteiger partial charge in [0.15, 0.2) is 11.5 Å². The summed E-state index contributed by atoms with van der Waals surface area (Å²) in [6, 6.07) is 14.0. The van der Waals surface area contributed by atoms with Crippen molar-refractivity contribution in [2.75, 3.05) is 0 Å². The number of amides is 1. The first-order valence-electron chi connectivity index (χ1n) is 7.70. The van der Waals surface area contributed by atoms with Gasteiger partial charge in [0.2, 0.25) is 0 Å². The highest BCUT2D eigenvalue weighted by molar-refractivity contribution is 7.13. The van der Waals surface area contributed by atoms with Gasteiger partial charge < -0.3 is 9.84 Å². The summed E-state index contributed by atoms with van der Waals surface area (Å²) in [5.74, 6) is 0.451. The van der Waals surface area contributed by atoms with Crippen molar-refractivity contribution in [2.45, 2.75) is 25.3 Å². The lowest BCUT2D eigenvalue weighted by molar-refractivity contribution is 0.0923. The smallest absolute Gasteiger partial charge is 0.273 e. The van der Waals surface area contributed by atoms with Gasteiger partial charge in [0, 0.05) is 6.07 Å². The Morgan fingerprint density at radius 2 is 2.17 bits per heavy atom. The number of fused-ring (bicyclic) bond motifs is 1. The van der Waals surface area contributed by atoms with Gasteiger partial charge in [-0.1, -0.05) is 35.5 Å². The van der Waals surface area contributed by atoms with Crippen LogP contribution in [0.25, 0.3) is 10.6 Å². The van der Waals surface area contributed by atoms with Crippen molar-refractivity contribution >= 4 is 17.2 Å². The molecule has 0 aliphatic heterocycles. The van der Waals surface area contributed by atoms with Crippen LogP contribution in [-0.4, -0.2) is 11.1 Å². The molecule has 0 bridgehead atoms. The first-order valence-corrected chi connectivity index (χ1v) is 8.58. The molecule has 4 nitrogen and oxygen atoms in total. The Morgan fingerprint density at radius 3 is 3.04 bits per heavy atom. The van der Waals surface area contributed by atoms with E-state index in [1.807, 2.05) is 29.6 Å². The Bertz CT molecular complexity index is 823. The summed E-state index contributed by atoms with van der Waals surface area (Å²) in [5.41, 5.74) is 2.87. The molecule has 0 fully saturated rings. The van der Waals surface area contributed by atoms with E-state index in [2.05, 4.69) is 22.6 Å². The molecule has 1 aliphatic rings. The zero-order valence-corrected chi connectivity index (χ0v) is 13.3. The molecule has 2 aromatic heterocycles. The number of aromatic nitrogens is 1. The fourth-order valence-electron chi connectivity index (χ4n) is 3.05. The third-order valence-corrected chi connectivity index (χ3v) is 5.07. The van der Waals surface area contributed by atoms with Crippen LogP contribution in [-0.2, 0) is 6.42 Å². The highest BCUT2D eigenvalue weighted by Crippen LogP contribution is 2.30. The average molecular weight is 324 g/mol. The molecule has 1 atom stereocenters. The van der Waals surface area contributed by atoms with E-state index < -0.39 is 0 Å². The van der Waals surface area contributed by atoms with Gasteiger partial charge in [-0.05, 0) is 41.8 Å². The summed E-state index contributed by atoms with van der Waals surface area (Å²) < 4.78 is 5.29. The van der Waals surface area contributed by atoms with E-state index in [0.29, 0.717) is 11.5 Å². The monoisotopic (exact) mass is 324 g/mol. The number of carbonyl (C=O) groups excluding carboxylic acids is 1. The van der Waals surface area contributed by atoms with Gasteiger partial charge in [-0.3, -0.25) is 4.79 Å². The lowest BCUT2D eigenvalue weighted by Gasteiger charge is -2.25. The summed E-state index contributed by atoms with van der Waals surface area (Å²) in [4.78, 5) is 13.4. The Labute approximate surface area is 138 Å². The summed E-state index contributed by atoms with van der Waals surface area (Å²) in [6.45, 7) is 0. The average Bonchev–Trinajstić information content (AvgIpc) is 3.26. The van der Waals surface area contributed by atoms with Crippen LogP contribution in [0.1, 0.15) is 40.5 Å². The number of carbonyl (C=O) groups is 1. The molecule has 1 aliphatic carbocycles. The fraction of sp³-hybridized carbons (Fsp3) is 0.222. The number of rotatable bonds is 3. The fourth-order valence-corrected chi connectivity index (χ4v) is 3.73. The van der Waals surface area contributed by atoms with E-state index in [-0.39, 0.29) is 11.9 Å². The molecule has 0 saturated heterocycles. The van der Waals surface area contributed by atoms with E-state index in [4.69, 9.17) is 4.52 Å². The number of benzene rings is 1. The Kier molecular flexibility index (Phi) is 3.71. The Hall–Kier alpha value is -2.40. The van der Waals surface area contributed by atoms with Crippen molar-refractivity contribution < 1.29 is 9.32 Å². The van der Waals surface area contributed by atoms with Crippen LogP contribution in [0.2, 0.25) is 0 Å². The first kappa shape index (κ1) is 14.2. The lowest BCUT2D eigenvalue weighted by Crippen LogP contribution is -2.31. The maximum Gasteiger partial charge on any atom is 0.273 e. The van der Waals surface area contributed by atoms with Crippen LogP contribution in [0.3, 0.4) is 0 Å². The number of hydrogen-bond acceptors (Lipinski definition) is 4. The predicted octanol–water partition coefficient (Wildman–Crippen LogP) is 4.21. The summed E-state index contributed by atoms with van der Waals surface area (Å²) in [6.07, 6.45) is 3.12. The molecular weight excluding hydrogens is 308 g/mol. The second-order valence-electron chi connectivity index (χ2n) is 5.67. The summed E-state index contributed by atoms with van der Waals surface area (Å²) >= 11 is 1.56. The number of thiophene rings is 1. The minimum atomic E-state index is -0.182. The topological polar surface area (TPSA) is 55.1 Å². The van der Waals surface area contributed by atoms with Crippen LogP contribution in [0, 0.1) is 0 Å². The molecule has 0 unspecified atom stereocenters. The molecule has 1 amide bonds. The van der Waals surface area contributed by atoms with Gasteiger partial charge >= 0.3 is 0 Å². The molecule has 0 spiro atoms. The second kappa shape index (κ2) is 6.01. The lowest BCUT2D eigenvalue weighted by atomic mass is 9.87. The normalized spacial score (nSPS) is 16.8. The van der Waals surface area contributed by atoms with Gasteiger partial charge in [0.25, 0.3) is 5.91 Å². The zero-order chi connectivity index (χ0) is 15.6. The molecule has 5 heteroatoms. The van der Waals surface area contributed by atoms with Crippen LogP contribution in [0.4, 0.5) is 0 Å². The van der Waals surface area contributed by atoms with Crippen molar-refractivity contribution in [3.63, 3.8) is 0 Å². The maximum absolute atomic E-state index is 12.5. The van der Waals surface area contributed by atoms with Crippen LogP contribution < -0.4 is 5.32 Å². The number of aryl methyl sites for hydroxylation is 1. The predicted molar refractivity (Wildman–Crippen MR) is 89.4 cm³/mol. The summed E-state index contributed by atoms with van der Waals surface area (Å²) in [7, 11) is 0. The van der Waals surface area contributed by atoms with E-state index in [0.717, 1.165) is 24.1 Å². The minimum Gasteiger partial charge on any atom is -0.355 e. The van der Waals surface area contributed by atoms with E-state index in [1.54, 1.807) is 17.4 Å². The Balaban J connectivity index is 1.53. The second-order valence-corrected chi connectivity index (χ2v) is 6.62. The highest BCUT2D eigenvalue weighted by Gasteiger charge is 2.23. The van der Waals surface area contributed by atoms with Crippen molar-refractivity contribution in [3.8, 4) is 10.6 Å². The van der Waals surface area contributed by atoms with Crippen molar-refractivity contribution in [2.24, 2.45) is 0 Å². The number of nitrogens with one attached hydrogen (secondary N) is 1. The quantitative estimate of drug-likeness (QED) is 0.785. The minimum absolute atomic E-state index is 0.0503. The van der Waals surface area contributed by atoms with Gasteiger partial charge in [0.05, 0.1) is 10.9 Å². The molecular formula is C18H16N2O2S. The van der Waals surface area contributed by atoms with Gasteiger partial charge in [0.1, 0.15) is 0 Å². The van der Waals surface area contributed by atoms with E-state index in [9.17, 15) is 4.79 Å². The molecule has 0 radical (unpaired) electrons. The zero-order valence-electron chi connectivity index (χ0n) is 12.5. The molecule has 23 heavy (non-hydrogen) atoms. The SMILES string of the molecule is O=C(N[C@H]1CCCc2ccccc21)c1cc(-c2cccs2)on1. The highest BCUT2D eigenvalue weighted by atomic mass is 32.1. The third-order valence-electron chi connectivity index (χ3n) is 4.18. The number of hydrogen-bond donors (Lipinski definition) is 1. The van der Waals surface area contributed by atoms with E-state index >= 15 is 0 Å². The van der Waals surface area contributed by atoms with Crippen molar-refractivity contribution in [1.29, 1.82) is 0 Å². The molecule has 1 N–H and O–H groups in total. The largest absolute Gasteiger partial charge is 0.355 e. The van der Waals surface area contributed by atoms with Gasteiger partial charge in [-0.15, -0.1) is 11.3 Å². The van der Waals surface area contributed by atoms with Crippen molar-refractivity contribution in [3.05, 3.63) is 64.7 Å². The summed E-state index contributed by atoms with van der Waals surface area (Å²) in [5, 5.41) is 8.97. The van der Waals surface area contributed by atoms with E-state index in [1.165, 1.54) is 11.1 Å². The van der Waals surface area contributed by atoms with Gasteiger partial charge in [-0.25, -0.2) is 0 Å². The molecule has 1 aromatic carbocycles. The molecule has 3 aromatic rings. The first-order chi connectivity index (χ1) is 11.3.